The van der Waals surface area contributed by atoms with Gasteiger partial charge in [0, 0.05) is 0 Å². The van der Waals surface area contributed by atoms with E-state index < -0.39 is 27.9 Å². The summed E-state index contributed by atoms with van der Waals surface area (Å²) in [4.78, 5) is 10.2. The van der Waals surface area contributed by atoms with Gasteiger partial charge in [0.25, 0.3) is 0 Å². The number of hydrogen-bond donors (Lipinski definition) is 2. The zero-order chi connectivity index (χ0) is 12.3. The third kappa shape index (κ3) is 3.01. The van der Waals surface area contributed by atoms with Gasteiger partial charge in [0.2, 0.25) is 10.0 Å². The first-order valence-corrected chi connectivity index (χ1v) is 5.82. The van der Waals surface area contributed by atoms with Gasteiger partial charge < -0.3 is 5.11 Å². The minimum absolute atomic E-state index is 0.305. The number of nitrogens with one attached hydrogen (secondary N) is 1. The topological polar surface area (TPSA) is 83.5 Å². The molecule has 0 fully saturated rings. The molecular weight excluding hydrogens is 237 g/mol. The molecule has 88 valence electrons. The van der Waals surface area contributed by atoms with Gasteiger partial charge in [-0.1, -0.05) is 6.07 Å². The van der Waals surface area contributed by atoms with Crippen molar-refractivity contribution in [3.63, 3.8) is 0 Å². The minimum atomic E-state index is -4.00. The fourth-order valence-corrected chi connectivity index (χ4v) is 2.21. The van der Waals surface area contributed by atoms with E-state index in [0.29, 0.717) is 0 Å². The molecule has 0 aromatic heterocycles. The Balaban J connectivity index is 2.99. The van der Waals surface area contributed by atoms with E-state index in [1.807, 2.05) is 4.72 Å². The SMILES string of the molecule is C[C@@H](NS(=O)(=O)c1cccc(F)c1)C(=O)O. The predicted molar refractivity (Wildman–Crippen MR) is 53.8 cm³/mol. The van der Waals surface area contributed by atoms with Crippen LogP contribution in [0, 0.1) is 5.82 Å². The molecule has 0 amide bonds. The maximum atomic E-state index is 12.8. The number of halogens is 1. The van der Waals surface area contributed by atoms with Crippen LogP contribution in [0.4, 0.5) is 4.39 Å². The Bertz CT molecular complexity index is 500. The third-order valence-corrected chi connectivity index (χ3v) is 3.35. The Labute approximate surface area is 92.0 Å². The predicted octanol–water partition coefficient (Wildman–Crippen LogP) is 0.577. The average Bonchev–Trinajstić information content (AvgIpc) is 2.17. The van der Waals surface area contributed by atoms with Gasteiger partial charge in [-0.3, -0.25) is 4.79 Å². The Hall–Kier alpha value is -1.47. The van der Waals surface area contributed by atoms with Crippen LogP contribution in [-0.4, -0.2) is 25.5 Å². The molecule has 0 saturated carbocycles. The van der Waals surface area contributed by atoms with Crippen molar-refractivity contribution < 1.29 is 22.7 Å². The first-order valence-electron chi connectivity index (χ1n) is 4.33. The van der Waals surface area contributed by atoms with Crippen LogP contribution in [-0.2, 0) is 14.8 Å². The molecule has 2 N–H and O–H groups in total. The van der Waals surface area contributed by atoms with Crippen LogP contribution in [0.1, 0.15) is 6.92 Å². The molecule has 1 rings (SSSR count). The van der Waals surface area contributed by atoms with Crippen LogP contribution in [0.5, 0.6) is 0 Å². The van der Waals surface area contributed by atoms with E-state index in [1.54, 1.807) is 0 Å². The molecular formula is C9H10FNO4S. The number of carboxylic acids is 1. The molecule has 0 aliphatic heterocycles. The van der Waals surface area contributed by atoms with Gasteiger partial charge in [-0.2, -0.15) is 4.72 Å². The van der Waals surface area contributed by atoms with E-state index in [2.05, 4.69) is 0 Å². The number of carbonyl (C=O) groups is 1. The minimum Gasteiger partial charge on any atom is -0.480 e. The largest absolute Gasteiger partial charge is 0.480 e. The van der Waals surface area contributed by atoms with Crippen LogP contribution in [0.3, 0.4) is 0 Å². The van der Waals surface area contributed by atoms with Gasteiger partial charge in [0.15, 0.2) is 0 Å². The monoisotopic (exact) mass is 247 g/mol. The fraction of sp³-hybridized carbons (Fsp3) is 0.222. The maximum absolute atomic E-state index is 12.8. The summed E-state index contributed by atoms with van der Waals surface area (Å²) >= 11 is 0. The molecule has 0 unspecified atom stereocenters. The number of sulfonamides is 1. The van der Waals surface area contributed by atoms with Crippen molar-refractivity contribution in [2.75, 3.05) is 0 Å². The average molecular weight is 247 g/mol. The van der Waals surface area contributed by atoms with Crippen LogP contribution in [0.2, 0.25) is 0 Å². The lowest BCUT2D eigenvalue weighted by molar-refractivity contribution is -0.138. The van der Waals surface area contributed by atoms with Crippen molar-refractivity contribution in [3.05, 3.63) is 30.1 Å². The number of aliphatic carboxylic acids is 1. The molecule has 1 aromatic rings. The first kappa shape index (κ1) is 12.6. The Morgan fingerprint density at radius 1 is 1.50 bits per heavy atom. The van der Waals surface area contributed by atoms with Crippen LogP contribution < -0.4 is 4.72 Å². The Morgan fingerprint density at radius 2 is 2.12 bits per heavy atom. The van der Waals surface area contributed by atoms with Gasteiger partial charge in [0.05, 0.1) is 4.90 Å². The molecule has 0 saturated heterocycles. The van der Waals surface area contributed by atoms with Gasteiger partial charge in [0.1, 0.15) is 11.9 Å². The summed E-state index contributed by atoms with van der Waals surface area (Å²) in [7, 11) is -4.00. The highest BCUT2D eigenvalue weighted by molar-refractivity contribution is 7.89. The standard InChI is InChI=1S/C9H10FNO4S/c1-6(9(12)13)11-16(14,15)8-4-2-3-7(10)5-8/h2-6,11H,1H3,(H,12,13)/t6-/m1/s1. The van der Waals surface area contributed by atoms with Crippen molar-refractivity contribution in [1.29, 1.82) is 0 Å². The van der Waals surface area contributed by atoms with Gasteiger partial charge >= 0.3 is 5.97 Å². The number of rotatable bonds is 4. The Morgan fingerprint density at radius 3 is 2.62 bits per heavy atom. The molecule has 0 radical (unpaired) electrons. The zero-order valence-electron chi connectivity index (χ0n) is 8.34. The molecule has 0 heterocycles. The molecule has 0 aliphatic rings. The molecule has 5 nitrogen and oxygen atoms in total. The smallest absolute Gasteiger partial charge is 0.321 e. The molecule has 0 bridgehead atoms. The molecule has 0 spiro atoms. The van der Waals surface area contributed by atoms with Gasteiger partial charge in [-0.25, -0.2) is 12.8 Å². The molecule has 16 heavy (non-hydrogen) atoms. The summed E-state index contributed by atoms with van der Waals surface area (Å²) in [6.07, 6.45) is 0. The zero-order valence-corrected chi connectivity index (χ0v) is 9.16. The van der Waals surface area contributed by atoms with Crippen molar-refractivity contribution in [3.8, 4) is 0 Å². The van der Waals surface area contributed by atoms with E-state index >= 15 is 0 Å². The van der Waals surface area contributed by atoms with Crippen LogP contribution in [0.25, 0.3) is 0 Å². The summed E-state index contributed by atoms with van der Waals surface area (Å²) in [5.41, 5.74) is 0. The lowest BCUT2D eigenvalue weighted by Gasteiger charge is -2.09. The van der Waals surface area contributed by atoms with Crippen LogP contribution >= 0.6 is 0 Å². The first-order chi connectivity index (χ1) is 7.33. The number of carboxylic acid groups (broad SMARTS) is 1. The van der Waals surface area contributed by atoms with E-state index in [0.717, 1.165) is 12.1 Å². The van der Waals surface area contributed by atoms with Gasteiger partial charge in [-0.05, 0) is 25.1 Å². The number of hydrogen-bond acceptors (Lipinski definition) is 3. The summed E-state index contributed by atoms with van der Waals surface area (Å²) in [6.45, 7) is 1.18. The van der Waals surface area contributed by atoms with E-state index in [-0.39, 0.29) is 4.90 Å². The van der Waals surface area contributed by atoms with E-state index in [9.17, 15) is 17.6 Å². The quantitative estimate of drug-likeness (QED) is 0.815. The normalized spacial score (nSPS) is 13.4. The summed E-state index contributed by atoms with van der Waals surface area (Å²) in [6, 6.07) is 3.06. The van der Waals surface area contributed by atoms with Crippen molar-refractivity contribution in [1.82, 2.24) is 4.72 Å². The molecule has 1 aromatic carbocycles. The molecule has 7 heteroatoms. The molecule has 0 aliphatic carbocycles. The fourth-order valence-electron chi connectivity index (χ4n) is 0.985. The van der Waals surface area contributed by atoms with Crippen molar-refractivity contribution >= 4 is 16.0 Å². The maximum Gasteiger partial charge on any atom is 0.321 e. The highest BCUT2D eigenvalue weighted by Crippen LogP contribution is 2.10. The second-order valence-electron chi connectivity index (χ2n) is 3.14. The highest BCUT2D eigenvalue weighted by Gasteiger charge is 2.21. The lowest BCUT2D eigenvalue weighted by Crippen LogP contribution is -2.38. The van der Waals surface area contributed by atoms with Gasteiger partial charge in [-0.15, -0.1) is 0 Å². The van der Waals surface area contributed by atoms with E-state index in [4.69, 9.17) is 5.11 Å². The highest BCUT2D eigenvalue weighted by atomic mass is 32.2. The number of benzene rings is 1. The summed E-state index contributed by atoms with van der Waals surface area (Å²) < 4.78 is 37.8. The second-order valence-corrected chi connectivity index (χ2v) is 4.85. The lowest BCUT2D eigenvalue weighted by atomic mass is 10.4. The Kier molecular flexibility index (Phi) is 3.61. The third-order valence-electron chi connectivity index (χ3n) is 1.81. The summed E-state index contributed by atoms with van der Waals surface area (Å²) in [5, 5.41) is 8.55. The molecule has 1 atom stereocenters. The van der Waals surface area contributed by atoms with Crippen molar-refractivity contribution in [2.45, 2.75) is 17.9 Å². The van der Waals surface area contributed by atoms with E-state index in [1.165, 1.54) is 19.1 Å². The summed E-state index contributed by atoms with van der Waals surface area (Å²) in [5.74, 6) is -2.01. The van der Waals surface area contributed by atoms with Crippen LogP contribution in [0.15, 0.2) is 29.2 Å². The van der Waals surface area contributed by atoms with Crippen molar-refractivity contribution in [2.24, 2.45) is 0 Å². The second kappa shape index (κ2) is 4.58.